The SMILES string of the molecule is C[C@H](NC(=O)c1ccccc1SCc1ccco1)C1CC1. The van der Waals surface area contributed by atoms with Gasteiger partial charge in [-0.05, 0) is 49.9 Å². The summed E-state index contributed by atoms with van der Waals surface area (Å²) in [6.07, 6.45) is 4.14. The summed E-state index contributed by atoms with van der Waals surface area (Å²) in [6, 6.07) is 11.8. The van der Waals surface area contributed by atoms with Crippen molar-refractivity contribution >= 4 is 17.7 Å². The molecule has 1 aromatic heterocycles. The van der Waals surface area contributed by atoms with E-state index < -0.39 is 0 Å². The minimum Gasteiger partial charge on any atom is -0.468 e. The Morgan fingerprint density at radius 1 is 1.33 bits per heavy atom. The van der Waals surface area contributed by atoms with E-state index in [0.29, 0.717) is 5.92 Å². The van der Waals surface area contributed by atoms with Gasteiger partial charge in [-0.25, -0.2) is 0 Å². The first-order chi connectivity index (χ1) is 10.2. The van der Waals surface area contributed by atoms with Gasteiger partial charge in [-0.1, -0.05) is 12.1 Å². The number of furan rings is 1. The average Bonchev–Trinajstić information content (AvgIpc) is 3.22. The first-order valence-electron chi connectivity index (χ1n) is 7.29. The molecule has 1 atom stereocenters. The molecule has 1 aliphatic rings. The Labute approximate surface area is 129 Å². The summed E-state index contributed by atoms with van der Waals surface area (Å²) in [5, 5.41) is 3.12. The van der Waals surface area contributed by atoms with Gasteiger partial charge in [0.05, 0.1) is 17.6 Å². The smallest absolute Gasteiger partial charge is 0.252 e. The molecule has 1 aliphatic carbocycles. The van der Waals surface area contributed by atoms with E-state index in [-0.39, 0.29) is 11.9 Å². The second kappa shape index (κ2) is 6.39. The maximum Gasteiger partial charge on any atom is 0.252 e. The van der Waals surface area contributed by atoms with Crippen LogP contribution in [-0.4, -0.2) is 11.9 Å². The third-order valence-corrected chi connectivity index (χ3v) is 4.87. The average molecular weight is 301 g/mol. The monoisotopic (exact) mass is 301 g/mol. The van der Waals surface area contributed by atoms with Crippen LogP contribution < -0.4 is 5.32 Å². The van der Waals surface area contributed by atoms with Crippen LogP contribution in [0.15, 0.2) is 52.0 Å². The lowest BCUT2D eigenvalue weighted by Crippen LogP contribution is -2.34. The number of amides is 1. The fourth-order valence-electron chi connectivity index (χ4n) is 2.32. The molecular weight excluding hydrogens is 282 g/mol. The van der Waals surface area contributed by atoms with Crippen LogP contribution in [0.1, 0.15) is 35.9 Å². The van der Waals surface area contributed by atoms with Crippen molar-refractivity contribution in [3.05, 3.63) is 54.0 Å². The van der Waals surface area contributed by atoms with Crippen LogP contribution >= 0.6 is 11.8 Å². The molecule has 0 unspecified atom stereocenters. The van der Waals surface area contributed by atoms with Gasteiger partial charge in [0, 0.05) is 10.9 Å². The predicted molar refractivity (Wildman–Crippen MR) is 84.4 cm³/mol. The summed E-state index contributed by atoms with van der Waals surface area (Å²) in [5.74, 6) is 2.34. The van der Waals surface area contributed by atoms with Gasteiger partial charge in [0.2, 0.25) is 0 Å². The van der Waals surface area contributed by atoms with E-state index in [1.807, 2.05) is 36.4 Å². The molecule has 0 aliphatic heterocycles. The second-order valence-corrected chi connectivity index (χ2v) is 6.48. The molecular formula is C17H19NO2S. The van der Waals surface area contributed by atoms with Gasteiger partial charge in [-0.2, -0.15) is 0 Å². The van der Waals surface area contributed by atoms with Gasteiger partial charge >= 0.3 is 0 Å². The summed E-state index contributed by atoms with van der Waals surface area (Å²) in [5.41, 5.74) is 0.751. The van der Waals surface area contributed by atoms with E-state index in [9.17, 15) is 4.79 Å². The summed E-state index contributed by atoms with van der Waals surface area (Å²) in [6.45, 7) is 2.09. The molecule has 4 heteroatoms. The topological polar surface area (TPSA) is 42.2 Å². The Balaban J connectivity index is 1.67. The van der Waals surface area contributed by atoms with Crippen LogP contribution in [-0.2, 0) is 5.75 Å². The van der Waals surface area contributed by atoms with Crippen molar-refractivity contribution in [2.75, 3.05) is 0 Å². The van der Waals surface area contributed by atoms with Crippen molar-refractivity contribution < 1.29 is 9.21 Å². The Morgan fingerprint density at radius 3 is 2.86 bits per heavy atom. The van der Waals surface area contributed by atoms with Crippen molar-refractivity contribution in [1.29, 1.82) is 0 Å². The minimum atomic E-state index is 0.0249. The normalized spacial score (nSPS) is 15.7. The van der Waals surface area contributed by atoms with Crippen LogP contribution in [0.2, 0.25) is 0 Å². The van der Waals surface area contributed by atoms with Crippen LogP contribution in [0.4, 0.5) is 0 Å². The standard InChI is InChI=1S/C17H19NO2S/c1-12(13-8-9-13)18-17(19)15-6-2-3-7-16(15)21-11-14-5-4-10-20-14/h2-7,10,12-13H,8-9,11H2,1H3,(H,18,19)/t12-/m0/s1. The van der Waals surface area contributed by atoms with Crippen molar-refractivity contribution in [3.63, 3.8) is 0 Å². The molecule has 1 N–H and O–H groups in total. The number of carbonyl (C=O) groups excluding carboxylic acids is 1. The fourth-order valence-corrected chi connectivity index (χ4v) is 3.28. The maximum absolute atomic E-state index is 12.4. The lowest BCUT2D eigenvalue weighted by Gasteiger charge is -2.14. The molecule has 1 fully saturated rings. The lowest BCUT2D eigenvalue weighted by atomic mass is 10.1. The zero-order valence-electron chi connectivity index (χ0n) is 12.0. The third-order valence-electron chi connectivity index (χ3n) is 3.77. The van der Waals surface area contributed by atoms with E-state index in [1.54, 1.807) is 18.0 Å². The molecule has 0 saturated heterocycles. The van der Waals surface area contributed by atoms with Gasteiger partial charge in [0.15, 0.2) is 0 Å². The Morgan fingerprint density at radius 2 is 2.14 bits per heavy atom. The van der Waals surface area contributed by atoms with E-state index in [4.69, 9.17) is 4.42 Å². The van der Waals surface area contributed by atoms with E-state index in [0.717, 1.165) is 22.0 Å². The van der Waals surface area contributed by atoms with Gasteiger partial charge in [-0.15, -0.1) is 11.8 Å². The maximum atomic E-state index is 12.4. The molecule has 1 amide bonds. The molecule has 0 bridgehead atoms. The number of thioether (sulfide) groups is 1. The lowest BCUT2D eigenvalue weighted by molar-refractivity contribution is 0.0933. The molecule has 0 spiro atoms. The van der Waals surface area contributed by atoms with Crippen LogP contribution in [0.3, 0.4) is 0 Å². The zero-order chi connectivity index (χ0) is 14.7. The van der Waals surface area contributed by atoms with E-state index >= 15 is 0 Å². The number of nitrogens with one attached hydrogen (secondary N) is 1. The highest BCUT2D eigenvalue weighted by molar-refractivity contribution is 7.98. The Hall–Kier alpha value is -1.68. The highest BCUT2D eigenvalue weighted by Crippen LogP contribution is 2.33. The van der Waals surface area contributed by atoms with Crippen molar-refractivity contribution in [2.45, 2.75) is 36.5 Å². The molecule has 2 aromatic rings. The molecule has 0 radical (unpaired) electrons. The van der Waals surface area contributed by atoms with E-state index in [1.165, 1.54) is 12.8 Å². The number of hydrogen-bond donors (Lipinski definition) is 1. The number of rotatable bonds is 6. The molecule has 110 valence electrons. The van der Waals surface area contributed by atoms with Gasteiger partial charge in [-0.3, -0.25) is 4.79 Å². The first kappa shape index (κ1) is 14.3. The zero-order valence-corrected chi connectivity index (χ0v) is 12.9. The number of benzene rings is 1. The van der Waals surface area contributed by atoms with E-state index in [2.05, 4.69) is 12.2 Å². The van der Waals surface area contributed by atoms with Crippen molar-refractivity contribution in [1.82, 2.24) is 5.32 Å². The molecule has 3 nitrogen and oxygen atoms in total. The van der Waals surface area contributed by atoms with Crippen LogP contribution in [0.25, 0.3) is 0 Å². The first-order valence-corrected chi connectivity index (χ1v) is 8.27. The highest BCUT2D eigenvalue weighted by Gasteiger charge is 2.29. The summed E-state index contributed by atoms with van der Waals surface area (Å²) >= 11 is 1.63. The fraction of sp³-hybridized carbons (Fsp3) is 0.353. The number of hydrogen-bond acceptors (Lipinski definition) is 3. The largest absolute Gasteiger partial charge is 0.468 e. The quantitative estimate of drug-likeness (QED) is 0.817. The van der Waals surface area contributed by atoms with Gasteiger partial charge in [0.25, 0.3) is 5.91 Å². The molecule has 1 heterocycles. The molecule has 1 saturated carbocycles. The molecule has 1 aromatic carbocycles. The summed E-state index contributed by atoms with van der Waals surface area (Å²) < 4.78 is 5.34. The van der Waals surface area contributed by atoms with Gasteiger partial charge < -0.3 is 9.73 Å². The Bertz CT molecular complexity index is 605. The van der Waals surface area contributed by atoms with Crippen molar-refractivity contribution in [2.24, 2.45) is 5.92 Å². The molecule has 21 heavy (non-hydrogen) atoms. The highest BCUT2D eigenvalue weighted by atomic mass is 32.2. The second-order valence-electron chi connectivity index (χ2n) is 5.46. The predicted octanol–water partition coefficient (Wildman–Crippen LogP) is 4.10. The summed E-state index contributed by atoms with van der Waals surface area (Å²) in [4.78, 5) is 13.4. The minimum absolute atomic E-state index is 0.0249. The third kappa shape index (κ3) is 3.70. The molecule has 3 rings (SSSR count). The van der Waals surface area contributed by atoms with Gasteiger partial charge in [0.1, 0.15) is 5.76 Å². The summed E-state index contributed by atoms with van der Waals surface area (Å²) in [7, 11) is 0. The van der Waals surface area contributed by atoms with Crippen LogP contribution in [0.5, 0.6) is 0 Å². The number of carbonyl (C=O) groups is 1. The van der Waals surface area contributed by atoms with Crippen LogP contribution in [0, 0.1) is 5.92 Å². The van der Waals surface area contributed by atoms with Crippen molar-refractivity contribution in [3.8, 4) is 0 Å². The Kier molecular flexibility index (Phi) is 4.34.